The number of thioether (sulfide) groups is 1. The molecule has 2 saturated carbocycles. The molecule has 0 aromatic carbocycles. The summed E-state index contributed by atoms with van der Waals surface area (Å²) in [5.41, 5.74) is 0.561. The van der Waals surface area contributed by atoms with Gasteiger partial charge in [0.2, 0.25) is 5.91 Å². The average Bonchev–Trinajstić information content (AvgIpc) is 3.08. The van der Waals surface area contributed by atoms with E-state index in [1.165, 1.54) is 24.6 Å². The third-order valence-electron chi connectivity index (χ3n) is 6.56. The molecule has 2 aliphatic carbocycles. The Morgan fingerprint density at radius 2 is 2.22 bits per heavy atom. The zero-order chi connectivity index (χ0) is 16.8. The van der Waals surface area contributed by atoms with Crippen molar-refractivity contribution in [2.75, 3.05) is 5.75 Å². The molecule has 3 atom stereocenters. The highest BCUT2D eigenvalue weighted by molar-refractivity contribution is 7.99. The molecule has 3 unspecified atom stereocenters. The van der Waals surface area contributed by atoms with Gasteiger partial charge in [0, 0.05) is 12.1 Å². The van der Waals surface area contributed by atoms with Crippen LogP contribution in [0, 0.1) is 16.7 Å². The summed E-state index contributed by atoms with van der Waals surface area (Å²) in [6.45, 7) is 11.3. The fraction of sp³-hybridized carbons (Fsp3) is 0.824. The Kier molecular flexibility index (Phi) is 4.23. The number of hydrogen-bond acceptors (Lipinski definition) is 4. The van der Waals surface area contributed by atoms with E-state index in [0.717, 1.165) is 17.5 Å². The van der Waals surface area contributed by atoms with Crippen LogP contribution < -0.4 is 5.32 Å². The van der Waals surface area contributed by atoms with Gasteiger partial charge < -0.3 is 9.88 Å². The zero-order valence-corrected chi connectivity index (χ0v) is 15.6. The molecule has 6 heteroatoms. The number of carbonyl (C=O) groups excluding carboxylic acids is 1. The van der Waals surface area contributed by atoms with Gasteiger partial charge in [-0.05, 0) is 49.9 Å². The highest BCUT2D eigenvalue weighted by Gasteiger charge is 2.61. The van der Waals surface area contributed by atoms with Crippen molar-refractivity contribution in [1.82, 2.24) is 20.1 Å². The normalized spacial score (nSPS) is 31.7. The first-order chi connectivity index (χ1) is 10.8. The standard InChI is InChI=1S/C17H28N4OS/c1-11(2)21-10-18-20-15(21)23-9-14(22)19-13-8-12-6-7-17(13,5)16(12,3)4/h10-13H,6-9H2,1-5H3,(H,19,22). The Labute approximate surface area is 143 Å². The van der Waals surface area contributed by atoms with Gasteiger partial charge >= 0.3 is 0 Å². The molecule has 5 nitrogen and oxygen atoms in total. The first-order valence-electron chi connectivity index (χ1n) is 8.57. The van der Waals surface area contributed by atoms with Crippen LogP contribution in [0.15, 0.2) is 11.5 Å². The SMILES string of the molecule is CC(C)n1cnnc1SCC(=O)NC1CC2CCC1(C)C2(C)C. The molecule has 128 valence electrons. The predicted octanol–water partition coefficient (Wildman–Crippen LogP) is 3.28. The molecule has 1 aromatic rings. The first kappa shape index (κ1) is 16.8. The molecule has 0 radical (unpaired) electrons. The van der Waals surface area contributed by atoms with Gasteiger partial charge in [0.05, 0.1) is 5.75 Å². The maximum atomic E-state index is 12.4. The molecule has 0 spiro atoms. The Morgan fingerprint density at radius 3 is 2.78 bits per heavy atom. The second-order valence-corrected chi connectivity index (χ2v) is 9.08. The lowest BCUT2D eigenvalue weighted by Gasteiger charge is -2.39. The Morgan fingerprint density at radius 1 is 1.48 bits per heavy atom. The molecule has 0 aliphatic heterocycles. The van der Waals surface area contributed by atoms with Crippen molar-refractivity contribution in [3.05, 3.63) is 6.33 Å². The van der Waals surface area contributed by atoms with Gasteiger partial charge in [0.1, 0.15) is 6.33 Å². The number of amides is 1. The first-order valence-corrected chi connectivity index (χ1v) is 9.56. The lowest BCUT2D eigenvalue weighted by Crippen LogP contribution is -2.47. The van der Waals surface area contributed by atoms with Gasteiger partial charge in [0.25, 0.3) is 0 Å². The van der Waals surface area contributed by atoms with E-state index in [-0.39, 0.29) is 11.3 Å². The topological polar surface area (TPSA) is 59.8 Å². The highest BCUT2D eigenvalue weighted by Crippen LogP contribution is 2.65. The predicted molar refractivity (Wildman–Crippen MR) is 92.3 cm³/mol. The minimum Gasteiger partial charge on any atom is -0.352 e. The van der Waals surface area contributed by atoms with Crippen LogP contribution in [0.4, 0.5) is 0 Å². The number of nitrogens with one attached hydrogen (secondary N) is 1. The average molecular weight is 337 g/mol. The molecular weight excluding hydrogens is 308 g/mol. The van der Waals surface area contributed by atoms with Crippen LogP contribution in [0.25, 0.3) is 0 Å². The van der Waals surface area contributed by atoms with E-state index in [4.69, 9.17) is 0 Å². The van der Waals surface area contributed by atoms with Crippen LogP contribution in [0.3, 0.4) is 0 Å². The Balaban J connectivity index is 1.58. The maximum absolute atomic E-state index is 12.4. The van der Waals surface area contributed by atoms with Crippen LogP contribution in [-0.4, -0.2) is 32.5 Å². The minimum atomic E-state index is 0.114. The van der Waals surface area contributed by atoms with Crippen molar-refractivity contribution < 1.29 is 4.79 Å². The smallest absolute Gasteiger partial charge is 0.230 e. The molecule has 23 heavy (non-hydrogen) atoms. The van der Waals surface area contributed by atoms with E-state index in [1.54, 1.807) is 6.33 Å². The van der Waals surface area contributed by atoms with E-state index < -0.39 is 0 Å². The number of hydrogen-bond donors (Lipinski definition) is 1. The van der Waals surface area contributed by atoms with Gasteiger partial charge in [-0.1, -0.05) is 32.5 Å². The second kappa shape index (κ2) is 5.80. The van der Waals surface area contributed by atoms with Gasteiger partial charge in [-0.15, -0.1) is 10.2 Å². The molecule has 1 amide bonds. The third-order valence-corrected chi connectivity index (χ3v) is 7.52. The molecule has 3 rings (SSSR count). The van der Waals surface area contributed by atoms with Crippen molar-refractivity contribution in [3.8, 4) is 0 Å². The summed E-state index contributed by atoms with van der Waals surface area (Å²) < 4.78 is 2.00. The van der Waals surface area contributed by atoms with Crippen molar-refractivity contribution in [2.45, 2.75) is 71.1 Å². The lowest BCUT2D eigenvalue weighted by atomic mass is 9.69. The Hall–Kier alpha value is -1.04. The second-order valence-electron chi connectivity index (χ2n) is 8.13. The summed E-state index contributed by atoms with van der Waals surface area (Å²) in [5.74, 6) is 1.26. The van der Waals surface area contributed by atoms with E-state index in [1.807, 2.05) is 4.57 Å². The largest absolute Gasteiger partial charge is 0.352 e. The Bertz CT molecular complexity index is 597. The van der Waals surface area contributed by atoms with Gasteiger partial charge in [-0.3, -0.25) is 4.79 Å². The van der Waals surface area contributed by atoms with Crippen molar-refractivity contribution in [1.29, 1.82) is 0 Å². The highest BCUT2D eigenvalue weighted by atomic mass is 32.2. The van der Waals surface area contributed by atoms with Crippen LogP contribution in [0.2, 0.25) is 0 Å². The van der Waals surface area contributed by atoms with Crippen LogP contribution in [0.1, 0.15) is 59.9 Å². The summed E-state index contributed by atoms with van der Waals surface area (Å²) in [4.78, 5) is 12.4. The molecule has 1 heterocycles. The van der Waals surface area contributed by atoms with Crippen LogP contribution in [-0.2, 0) is 4.79 Å². The summed E-state index contributed by atoms with van der Waals surface area (Å²) in [5, 5.41) is 12.2. The summed E-state index contributed by atoms with van der Waals surface area (Å²) >= 11 is 1.47. The molecule has 1 N–H and O–H groups in total. The van der Waals surface area contributed by atoms with E-state index in [0.29, 0.717) is 23.3 Å². The monoisotopic (exact) mass is 336 g/mol. The molecule has 1 aromatic heterocycles. The van der Waals surface area contributed by atoms with E-state index in [9.17, 15) is 4.79 Å². The number of aromatic nitrogens is 3. The van der Waals surface area contributed by atoms with E-state index in [2.05, 4.69) is 50.1 Å². The lowest BCUT2D eigenvalue weighted by molar-refractivity contribution is -0.120. The zero-order valence-electron chi connectivity index (χ0n) is 14.8. The van der Waals surface area contributed by atoms with Crippen LogP contribution >= 0.6 is 11.8 Å². The molecular formula is C17H28N4OS. The number of nitrogens with zero attached hydrogens (tertiary/aromatic N) is 3. The maximum Gasteiger partial charge on any atom is 0.230 e. The number of fused-ring (bicyclic) bond motifs is 2. The van der Waals surface area contributed by atoms with E-state index >= 15 is 0 Å². The molecule has 2 fully saturated rings. The number of rotatable bonds is 5. The third kappa shape index (κ3) is 2.69. The molecule has 0 saturated heterocycles. The quantitative estimate of drug-likeness (QED) is 0.838. The summed E-state index contributed by atoms with van der Waals surface area (Å²) in [7, 11) is 0. The number of carbonyl (C=O) groups is 1. The van der Waals surface area contributed by atoms with Gasteiger partial charge in [-0.2, -0.15) is 0 Å². The van der Waals surface area contributed by atoms with Gasteiger partial charge in [-0.25, -0.2) is 0 Å². The van der Waals surface area contributed by atoms with Gasteiger partial charge in [0.15, 0.2) is 5.16 Å². The van der Waals surface area contributed by atoms with Crippen molar-refractivity contribution >= 4 is 17.7 Å². The fourth-order valence-corrected chi connectivity index (χ4v) is 5.33. The summed E-state index contributed by atoms with van der Waals surface area (Å²) in [6, 6.07) is 0.619. The van der Waals surface area contributed by atoms with Crippen LogP contribution in [0.5, 0.6) is 0 Å². The van der Waals surface area contributed by atoms with Crippen molar-refractivity contribution in [3.63, 3.8) is 0 Å². The molecule has 2 bridgehead atoms. The molecule has 2 aliphatic rings. The fourth-order valence-electron chi connectivity index (χ4n) is 4.48. The van der Waals surface area contributed by atoms with Crippen molar-refractivity contribution in [2.24, 2.45) is 16.7 Å². The minimum absolute atomic E-state index is 0.114. The summed E-state index contributed by atoms with van der Waals surface area (Å²) in [6.07, 6.45) is 5.39.